The minimum absolute atomic E-state index is 0.0203. The molecule has 2 saturated heterocycles. The zero-order chi connectivity index (χ0) is 21.9. The monoisotopic (exact) mass is 425 g/mol. The van der Waals surface area contributed by atoms with E-state index in [0.29, 0.717) is 18.0 Å². The van der Waals surface area contributed by atoms with Gasteiger partial charge in [-0.15, -0.1) is 0 Å². The van der Waals surface area contributed by atoms with E-state index in [9.17, 15) is 23.9 Å². The first kappa shape index (κ1) is 19.8. The second-order valence-electron chi connectivity index (χ2n) is 8.85. The Morgan fingerprint density at radius 1 is 1.23 bits per heavy atom. The van der Waals surface area contributed by atoms with Crippen LogP contribution in [-0.2, 0) is 13.1 Å². The Labute approximate surface area is 178 Å². The van der Waals surface area contributed by atoms with E-state index in [2.05, 4.69) is 5.32 Å². The van der Waals surface area contributed by atoms with Gasteiger partial charge in [0, 0.05) is 30.9 Å². The Kier molecular flexibility index (Phi) is 4.60. The zero-order valence-corrected chi connectivity index (χ0v) is 17.2. The summed E-state index contributed by atoms with van der Waals surface area (Å²) in [4.78, 5) is 40.4. The smallest absolute Gasteiger partial charge is 0.275 e. The molecule has 1 aromatic carbocycles. The second kappa shape index (κ2) is 7.21. The van der Waals surface area contributed by atoms with E-state index in [4.69, 9.17) is 0 Å². The van der Waals surface area contributed by atoms with Gasteiger partial charge in [-0.05, 0) is 50.2 Å². The highest BCUT2D eigenvalue weighted by Gasteiger charge is 2.48. The lowest BCUT2D eigenvalue weighted by Crippen LogP contribution is -2.61. The standard InChI is InChI=1S/C23H24FN3O4/c1-12-2-3-14(17(24)8-12)9-25-22(30)16-10-26-11-18-13-4-6-15(7-5-13)27(18)23(31)19(26)21(29)20(16)28/h2-3,8,10,13,15,18,29H,4-7,9,11H2,1H3,(H,25,30)/t13?,15?,18-/m1/s1. The van der Waals surface area contributed by atoms with Crippen molar-refractivity contribution >= 4 is 11.8 Å². The lowest BCUT2D eigenvalue weighted by molar-refractivity contribution is -0.0181. The van der Waals surface area contributed by atoms with Gasteiger partial charge < -0.3 is 19.9 Å². The van der Waals surface area contributed by atoms with Gasteiger partial charge in [-0.2, -0.15) is 0 Å². The van der Waals surface area contributed by atoms with E-state index >= 15 is 0 Å². The molecule has 31 heavy (non-hydrogen) atoms. The van der Waals surface area contributed by atoms with Crippen LogP contribution in [0, 0.1) is 18.7 Å². The molecular formula is C23H24FN3O4. The minimum Gasteiger partial charge on any atom is -0.503 e. The third kappa shape index (κ3) is 3.12. The number of aromatic nitrogens is 1. The molecule has 0 radical (unpaired) electrons. The van der Waals surface area contributed by atoms with E-state index in [1.165, 1.54) is 12.3 Å². The molecule has 3 aliphatic heterocycles. The Bertz CT molecular complexity index is 1150. The van der Waals surface area contributed by atoms with E-state index in [0.717, 1.165) is 31.2 Å². The number of aryl methyl sites for hydroxylation is 1. The van der Waals surface area contributed by atoms with Crippen molar-refractivity contribution in [2.24, 2.45) is 5.92 Å². The SMILES string of the molecule is Cc1ccc(CNC(=O)c2cn3c(c(O)c2=O)C(=O)N2C4CCC(CC4)[C@H]2C3)c(F)c1. The predicted molar refractivity (Wildman–Crippen MR) is 110 cm³/mol. The van der Waals surface area contributed by atoms with Gasteiger partial charge >= 0.3 is 0 Å². The quantitative estimate of drug-likeness (QED) is 0.790. The van der Waals surface area contributed by atoms with Gasteiger partial charge in [0.1, 0.15) is 11.4 Å². The number of nitrogens with one attached hydrogen (secondary N) is 1. The molecule has 2 bridgehead atoms. The average molecular weight is 425 g/mol. The van der Waals surface area contributed by atoms with Gasteiger partial charge in [-0.25, -0.2) is 4.39 Å². The molecule has 8 heteroatoms. The summed E-state index contributed by atoms with van der Waals surface area (Å²) < 4.78 is 15.6. The summed E-state index contributed by atoms with van der Waals surface area (Å²) in [6.45, 7) is 2.12. The van der Waals surface area contributed by atoms with Crippen LogP contribution < -0.4 is 10.7 Å². The van der Waals surface area contributed by atoms with Crippen molar-refractivity contribution in [3.63, 3.8) is 0 Å². The summed E-state index contributed by atoms with van der Waals surface area (Å²) >= 11 is 0. The highest BCUT2D eigenvalue weighted by atomic mass is 19.1. The summed E-state index contributed by atoms with van der Waals surface area (Å²) in [5, 5.41) is 13.1. The number of benzene rings is 1. The van der Waals surface area contributed by atoms with Gasteiger partial charge in [0.2, 0.25) is 5.43 Å². The maximum absolute atomic E-state index is 14.0. The average Bonchev–Trinajstić information content (AvgIpc) is 2.76. The number of halogens is 1. The first-order valence-electron chi connectivity index (χ1n) is 10.7. The van der Waals surface area contributed by atoms with Crippen molar-refractivity contribution in [3.8, 4) is 5.75 Å². The van der Waals surface area contributed by atoms with Crippen molar-refractivity contribution in [2.45, 2.75) is 57.8 Å². The van der Waals surface area contributed by atoms with E-state index < -0.39 is 22.9 Å². The fraction of sp³-hybridized carbons (Fsp3) is 0.435. The number of hydrogen-bond donors (Lipinski definition) is 2. The molecule has 2 aromatic rings. The van der Waals surface area contributed by atoms with Crippen LogP contribution in [0.3, 0.4) is 0 Å². The maximum atomic E-state index is 14.0. The molecule has 162 valence electrons. The number of nitrogens with zero attached hydrogens (tertiary/aromatic N) is 2. The number of piperidine rings is 2. The van der Waals surface area contributed by atoms with Crippen LogP contribution in [0.4, 0.5) is 4.39 Å². The Morgan fingerprint density at radius 3 is 2.68 bits per heavy atom. The number of amides is 2. The Balaban J connectivity index is 1.44. The molecule has 3 fully saturated rings. The van der Waals surface area contributed by atoms with Gasteiger partial charge in [-0.1, -0.05) is 12.1 Å². The zero-order valence-electron chi connectivity index (χ0n) is 17.2. The van der Waals surface area contributed by atoms with Crippen molar-refractivity contribution in [1.29, 1.82) is 0 Å². The molecule has 1 aliphatic carbocycles. The Morgan fingerprint density at radius 2 is 1.97 bits per heavy atom. The lowest BCUT2D eigenvalue weighted by Gasteiger charge is -2.53. The van der Waals surface area contributed by atoms with Crippen LogP contribution in [0.5, 0.6) is 5.75 Å². The molecule has 1 aromatic heterocycles. The summed E-state index contributed by atoms with van der Waals surface area (Å²) in [5.74, 6) is -1.79. The third-order valence-electron chi connectivity index (χ3n) is 7.01. The topological polar surface area (TPSA) is 91.6 Å². The van der Waals surface area contributed by atoms with E-state index in [1.807, 2.05) is 4.90 Å². The molecule has 4 heterocycles. The molecule has 1 saturated carbocycles. The normalized spacial score (nSPS) is 24.0. The van der Waals surface area contributed by atoms with Gasteiger partial charge in [-0.3, -0.25) is 14.4 Å². The number of pyridine rings is 1. The largest absolute Gasteiger partial charge is 0.503 e. The van der Waals surface area contributed by atoms with Crippen LogP contribution in [0.1, 0.15) is 57.7 Å². The fourth-order valence-electron chi connectivity index (χ4n) is 5.39. The molecule has 1 atom stereocenters. The second-order valence-corrected chi connectivity index (χ2v) is 8.85. The summed E-state index contributed by atoms with van der Waals surface area (Å²) in [7, 11) is 0. The number of carbonyl (C=O) groups is 2. The van der Waals surface area contributed by atoms with Crippen LogP contribution in [0.25, 0.3) is 0 Å². The molecule has 2 N–H and O–H groups in total. The molecule has 0 unspecified atom stereocenters. The van der Waals surface area contributed by atoms with Crippen molar-refractivity contribution in [1.82, 2.24) is 14.8 Å². The van der Waals surface area contributed by atoms with Gasteiger partial charge in [0.15, 0.2) is 11.4 Å². The molecule has 2 amide bonds. The molecule has 6 rings (SSSR count). The molecule has 4 aliphatic rings. The number of aromatic hydroxyl groups is 1. The maximum Gasteiger partial charge on any atom is 0.275 e. The number of carbonyl (C=O) groups excluding carboxylic acids is 2. The first-order chi connectivity index (χ1) is 14.8. The van der Waals surface area contributed by atoms with Crippen molar-refractivity contribution in [2.75, 3.05) is 0 Å². The van der Waals surface area contributed by atoms with Gasteiger partial charge in [0.25, 0.3) is 11.8 Å². The third-order valence-corrected chi connectivity index (χ3v) is 7.01. The van der Waals surface area contributed by atoms with Crippen molar-refractivity contribution in [3.05, 3.63) is 62.8 Å². The van der Waals surface area contributed by atoms with E-state index in [-0.39, 0.29) is 35.8 Å². The predicted octanol–water partition coefficient (Wildman–Crippen LogP) is 2.33. The van der Waals surface area contributed by atoms with Crippen LogP contribution in [0.2, 0.25) is 0 Å². The fourth-order valence-corrected chi connectivity index (χ4v) is 5.39. The van der Waals surface area contributed by atoms with Crippen molar-refractivity contribution < 1.29 is 19.1 Å². The minimum atomic E-state index is -0.887. The van der Waals surface area contributed by atoms with Crippen LogP contribution in [-0.4, -0.2) is 38.5 Å². The van der Waals surface area contributed by atoms with Crippen LogP contribution >= 0.6 is 0 Å². The van der Waals surface area contributed by atoms with Gasteiger partial charge in [0.05, 0.1) is 6.04 Å². The molecule has 0 spiro atoms. The number of fused-ring (bicyclic) bond motifs is 3. The summed E-state index contributed by atoms with van der Waals surface area (Å²) in [6, 6.07) is 4.86. The molecule has 7 nitrogen and oxygen atoms in total. The summed E-state index contributed by atoms with van der Waals surface area (Å²) in [5.41, 5.74) is -0.126. The molecular weight excluding hydrogens is 401 g/mol. The lowest BCUT2D eigenvalue weighted by atomic mass is 9.73. The Hall–Kier alpha value is -3.16. The van der Waals surface area contributed by atoms with E-state index in [1.54, 1.807) is 23.6 Å². The number of hydrogen-bond acceptors (Lipinski definition) is 4. The number of rotatable bonds is 3. The highest BCUT2D eigenvalue weighted by Crippen LogP contribution is 2.43. The van der Waals surface area contributed by atoms with Crippen LogP contribution in [0.15, 0.2) is 29.2 Å². The highest BCUT2D eigenvalue weighted by molar-refractivity contribution is 5.99. The first-order valence-corrected chi connectivity index (χ1v) is 10.7. The summed E-state index contributed by atoms with van der Waals surface area (Å²) in [6.07, 6.45) is 5.39.